The van der Waals surface area contributed by atoms with Crippen LogP contribution in [-0.4, -0.2) is 42.9 Å². The summed E-state index contributed by atoms with van der Waals surface area (Å²) in [6, 6.07) is 5.77. The molecule has 2 aliphatic heterocycles. The van der Waals surface area contributed by atoms with Crippen LogP contribution < -0.4 is 10.6 Å². The maximum atomic E-state index is 12.6. The van der Waals surface area contributed by atoms with Gasteiger partial charge in [-0.2, -0.15) is 0 Å². The van der Waals surface area contributed by atoms with Gasteiger partial charge in [0.15, 0.2) is 0 Å². The van der Waals surface area contributed by atoms with Gasteiger partial charge in [-0.3, -0.25) is 9.59 Å². The normalized spacial score (nSPS) is 20.9. The van der Waals surface area contributed by atoms with Crippen molar-refractivity contribution in [1.82, 2.24) is 10.2 Å². The van der Waals surface area contributed by atoms with Gasteiger partial charge >= 0.3 is 0 Å². The summed E-state index contributed by atoms with van der Waals surface area (Å²) >= 11 is 0. The third kappa shape index (κ3) is 2.29. The highest BCUT2D eigenvalue weighted by atomic mass is 16.2. The van der Waals surface area contributed by atoms with E-state index in [1.807, 2.05) is 30.1 Å². The van der Waals surface area contributed by atoms with Crippen molar-refractivity contribution in [3.05, 3.63) is 29.3 Å². The number of carbonyl (C=O) groups excluding carboxylic acids is 2. The van der Waals surface area contributed by atoms with Crippen LogP contribution in [0.5, 0.6) is 0 Å². The van der Waals surface area contributed by atoms with E-state index < -0.39 is 0 Å². The molecule has 2 amide bonds. The van der Waals surface area contributed by atoms with E-state index in [4.69, 9.17) is 0 Å². The largest absolute Gasteiger partial charge is 0.334 e. The molecule has 1 aromatic rings. The fourth-order valence-electron chi connectivity index (χ4n) is 3.08. The molecule has 0 aliphatic carbocycles. The summed E-state index contributed by atoms with van der Waals surface area (Å²) in [7, 11) is 1.91. The van der Waals surface area contributed by atoms with Crippen molar-refractivity contribution in [3.8, 4) is 0 Å². The van der Waals surface area contributed by atoms with E-state index in [0.29, 0.717) is 12.0 Å². The molecule has 5 nitrogen and oxygen atoms in total. The first-order valence-corrected chi connectivity index (χ1v) is 7.07. The highest BCUT2D eigenvalue weighted by Gasteiger charge is 2.29. The summed E-state index contributed by atoms with van der Waals surface area (Å²) in [6.45, 7) is 1.65. The van der Waals surface area contributed by atoms with Gasteiger partial charge in [0.25, 0.3) is 5.91 Å². The molecule has 3 rings (SSSR count). The zero-order valence-corrected chi connectivity index (χ0v) is 11.6. The van der Waals surface area contributed by atoms with Gasteiger partial charge in [-0.05, 0) is 43.7 Å². The third-order valence-corrected chi connectivity index (χ3v) is 4.06. The SMILES string of the molecule is CNCC1CCCN1C(=O)c1ccc2c(c1)CC(=O)N2. The summed E-state index contributed by atoms with van der Waals surface area (Å²) in [6.07, 6.45) is 2.48. The minimum Gasteiger partial charge on any atom is -0.334 e. The molecule has 0 bridgehead atoms. The molecule has 2 N–H and O–H groups in total. The minimum atomic E-state index is -0.00108. The van der Waals surface area contributed by atoms with Gasteiger partial charge in [0.1, 0.15) is 0 Å². The summed E-state index contributed by atoms with van der Waals surface area (Å²) in [4.78, 5) is 25.9. The van der Waals surface area contributed by atoms with Gasteiger partial charge in [0, 0.05) is 30.4 Å². The molecule has 1 fully saturated rings. The summed E-state index contributed by atoms with van der Waals surface area (Å²) in [5.41, 5.74) is 2.44. The number of amides is 2. The van der Waals surface area contributed by atoms with Crippen LogP contribution in [0.2, 0.25) is 0 Å². The average molecular weight is 273 g/mol. The molecule has 1 atom stereocenters. The molecule has 0 radical (unpaired) electrons. The Bertz CT molecular complexity index is 556. The lowest BCUT2D eigenvalue weighted by Gasteiger charge is -2.24. The second-order valence-electron chi connectivity index (χ2n) is 5.45. The molecular weight excluding hydrogens is 254 g/mol. The Morgan fingerprint density at radius 2 is 2.35 bits per heavy atom. The molecule has 2 heterocycles. The number of fused-ring (bicyclic) bond motifs is 1. The quantitative estimate of drug-likeness (QED) is 0.864. The van der Waals surface area contributed by atoms with Crippen LogP contribution in [0.4, 0.5) is 5.69 Å². The third-order valence-electron chi connectivity index (χ3n) is 4.06. The molecule has 0 saturated carbocycles. The first-order valence-electron chi connectivity index (χ1n) is 7.07. The molecule has 1 aromatic carbocycles. The van der Waals surface area contributed by atoms with Gasteiger partial charge in [-0.25, -0.2) is 0 Å². The van der Waals surface area contributed by atoms with Gasteiger partial charge in [0.05, 0.1) is 6.42 Å². The first-order chi connectivity index (χ1) is 9.69. The van der Waals surface area contributed by atoms with Crippen molar-refractivity contribution in [2.75, 3.05) is 25.5 Å². The summed E-state index contributed by atoms with van der Waals surface area (Å²) in [5.74, 6) is 0.0729. The van der Waals surface area contributed by atoms with Crippen molar-refractivity contribution in [2.45, 2.75) is 25.3 Å². The predicted molar refractivity (Wildman–Crippen MR) is 76.8 cm³/mol. The minimum absolute atomic E-state index is 0.00108. The van der Waals surface area contributed by atoms with Crippen molar-refractivity contribution >= 4 is 17.5 Å². The van der Waals surface area contributed by atoms with Crippen LogP contribution in [0.25, 0.3) is 0 Å². The number of hydrogen-bond donors (Lipinski definition) is 2. The molecule has 106 valence electrons. The average Bonchev–Trinajstić information content (AvgIpc) is 3.02. The Kier molecular flexibility index (Phi) is 3.44. The molecule has 5 heteroatoms. The van der Waals surface area contributed by atoms with E-state index >= 15 is 0 Å². The summed E-state index contributed by atoms with van der Waals surface area (Å²) in [5, 5.41) is 5.93. The van der Waals surface area contributed by atoms with Crippen molar-refractivity contribution in [3.63, 3.8) is 0 Å². The van der Waals surface area contributed by atoms with E-state index in [1.165, 1.54) is 0 Å². The van der Waals surface area contributed by atoms with Gasteiger partial charge < -0.3 is 15.5 Å². The lowest BCUT2D eigenvalue weighted by molar-refractivity contribution is -0.115. The Labute approximate surface area is 118 Å². The number of nitrogens with zero attached hydrogens (tertiary/aromatic N) is 1. The number of rotatable bonds is 3. The van der Waals surface area contributed by atoms with E-state index in [2.05, 4.69) is 10.6 Å². The number of likely N-dealkylation sites (N-methyl/N-ethyl adjacent to an activating group) is 1. The Morgan fingerprint density at radius 3 is 3.15 bits per heavy atom. The van der Waals surface area contributed by atoms with E-state index in [9.17, 15) is 9.59 Å². The molecular formula is C15H19N3O2. The second-order valence-corrected chi connectivity index (χ2v) is 5.45. The number of nitrogens with one attached hydrogen (secondary N) is 2. The maximum absolute atomic E-state index is 12.6. The molecule has 0 aromatic heterocycles. The fraction of sp³-hybridized carbons (Fsp3) is 0.467. The van der Waals surface area contributed by atoms with Crippen LogP contribution in [0, 0.1) is 0 Å². The van der Waals surface area contributed by atoms with Crippen LogP contribution in [-0.2, 0) is 11.2 Å². The van der Waals surface area contributed by atoms with E-state index in [1.54, 1.807) is 0 Å². The first kappa shape index (κ1) is 13.1. The van der Waals surface area contributed by atoms with Crippen LogP contribution in [0.3, 0.4) is 0 Å². The standard InChI is InChI=1S/C15H19N3O2/c1-16-9-12-3-2-6-18(12)15(20)10-4-5-13-11(7-10)8-14(19)17-13/h4-5,7,12,16H,2-3,6,8-9H2,1H3,(H,17,19). The van der Waals surface area contributed by atoms with Crippen molar-refractivity contribution in [1.29, 1.82) is 0 Å². The molecule has 20 heavy (non-hydrogen) atoms. The van der Waals surface area contributed by atoms with Gasteiger partial charge in [-0.15, -0.1) is 0 Å². The predicted octanol–water partition coefficient (Wildman–Crippen LogP) is 1.01. The zero-order valence-electron chi connectivity index (χ0n) is 11.6. The number of anilines is 1. The number of likely N-dealkylation sites (tertiary alicyclic amines) is 1. The fourth-order valence-corrected chi connectivity index (χ4v) is 3.08. The van der Waals surface area contributed by atoms with Crippen LogP contribution in [0.1, 0.15) is 28.8 Å². The lowest BCUT2D eigenvalue weighted by Crippen LogP contribution is -2.40. The van der Waals surface area contributed by atoms with Gasteiger partial charge in [0.2, 0.25) is 5.91 Å². The highest BCUT2D eigenvalue weighted by Crippen LogP contribution is 2.26. The Morgan fingerprint density at radius 1 is 1.50 bits per heavy atom. The summed E-state index contributed by atoms with van der Waals surface area (Å²) < 4.78 is 0. The molecule has 0 spiro atoms. The van der Waals surface area contributed by atoms with Gasteiger partial charge in [-0.1, -0.05) is 0 Å². The Hall–Kier alpha value is -1.88. The number of benzene rings is 1. The zero-order chi connectivity index (χ0) is 14.1. The maximum Gasteiger partial charge on any atom is 0.254 e. The smallest absolute Gasteiger partial charge is 0.254 e. The number of carbonyl (C=O) groups is 2. The van der Waals surface area contributed by atoms with Crippen LogP contribution in [0.15, 0.2) is 18.2 Å². The molecule has 1 saturated heterocycles. The van der Waals surface area contributed by atoms with E-state index in [-0.39, 0.29) is 17.9 Å². The topological polar surface area (TPSA) is 61.4 Å². The van der Waals surface area contributed by atoms with Crippen molar-refractivity contribution in [2.24, 2.45) is 0 Å². The monoisotopic (exact) mass is 273 g/mol. The van der Waals surface area contributed by atoms with E-state index in [0.717, 1.165) is 37.2 Å². The molecule has 1 unspecified atom stereocenters. The Balaban J connectivity index is 1.81. The second kappa shape index (κ2) is 5.25. The van der Waals surface area contributed by atoms with Crippen molar-refractivity contribution < 1.29 is 9.59 Å². The molecule has 2 aliphatic rings. The van der Waals surface area contributed by atoms with Crippen LogP contribution >= 0.6 is 0 Å². The highest BCUT2D eigenvalue weighted by molar-refractivity contribution is 6.01. The number of hydrogen-bond acceptors (Lipinski definition) is 3. The lowest BCUT2D eigenvalue weighted by atomic mass is 10.1.